The first kappa shape index (κ1) is 20.3. The number of nitro benzene ring substituents is 1. The Bertz CT molecular complexity index is 1100. The van der Waals surface area contributed by atoms with E-state index in [0.717, 1.165) is 0 Å². The molecule has 0 aromatic heterocycles. The van der Waals surface area contributed by atoms with Crippen LogP contribution < -0.4 is 10.7 Å². The number of anilines is 1. The number of non-ortho nitro benzene ring substituents is 1. The first-order valence-electron chi connectivity index (χ1n) is 8.67. The zero-order valence-electron chi connectivity index (χ0n) is 15.4. The van der Waals surface area contributed by atoms with Crippen LogP contribution in [0.15, 0.2) is 77.9 Å². The Balaban J connectivity index is 1.56. The van der Waals surface area contributed by atoms with Gasteiger partial charge in [-0.2, -0.15) is 5.10 Å². The van der Waals surface area contributed by atoms with Gasteiger partial charge in [0.25, 0.3) is 17.5 Å². The summed E-state index contributed by atoms with van der Waals surface area (Å²) < 4.78 is 12.9. The summed E-state index contributed by atoms with van der Waals surface area (Å²) in [7, 11) is 0. The van der Waals surface area contributed by atoms with Gasteiger partial charge in [-0.1, -0.05) is 0 Å². The first-order valence-corrected chi connectivity index (χ1v) is 8.67. The summed E-state index contributed by atoms with van der Waals surface area (Å²) in [4.78, 5) is 34.3. The Kier molecular flexibility index (Phi) is 6.23. The third-order valence-corrected chi connectivity index (χ3v) is 3.99. The fraction of sp³-hybridized carbons (Fsp3) is 0. The topological polar surface area (TPSA) is 114 Å². The lowest BCUT2D eigenvalue weighted by molar-refractivity contribution is -0.384. The van der Waals surface area contributed by atoms with Crippen molar-refractivity contribution in [3.8, 4) is 0 Å². The van der Waals surface area contributed by atoms with E-state index in [-0.39, 0.29) is 5.69 Å². The molecular weight excluding hydrogens is 391 g/mol. The average Bonchev–Trinajstić information content (AvgIpc) is 2.75. The number of halogens is 1. The van der Waals surface area contributed by atoms with E-state index in [0.29, 0.717) is 22.4 Å². The van der Waals surface area contributed by atoms with Crippen LogP contribution in [0, 0.1) is 15.9 Å². The van der Waals surface area contributed by atoms with Gasteiger partial charge in [-0.05, 0) is 66.2 Å². The van der Waals surface area contributed by atoms with Crippen LogP contribution in [0.1, 0.15) is 26.3 Å². The summed E-state index contributed by atoms with van der Waals surface area (Å²) in [5.41, 5.74) is 3.98. The molecular formula is C21H15FN4O4. The maximum absolute atomic E-state index is 12.9. The molecule has 0 aliphatic heterocycles. The van der Waals surface area contributed by atoms with E-state index in [2.05, 4.69) is 15.8 Å². The van der Waals surface area contributed by atoms with Gasteiger partial charge in [-0.15, -0.1) is 0 Å². The molecule has 3 rings (SSSR count). The Labute approximate surface area is 170 Å². The fourth-order valence-corrected chi connectivity index (χ4v) is 2.42. The molecule has 0 unspecified atom stereocenters. The van der Waals surface area contributed by atoms with Gasteiger partial charge in [0.05, 0.1) is 11.1 Å². The monoisotopic (exact) mass is 406 g/mol. The predicted molar refractivity (Wildman–Crippen MR) is 109 cm³/mol. The van der Waals surface area contributed by atoms with Gasteiger partial charge in [0, 0.05) is 28.9 Å². The molecule has 0 spiro atoms. The van der Waals surface area contributed by atoms with Crippen LogP contribution in [0.3, 0.4) is 0 Å². The van der Waals surface area contributed by atoms with Gasteiger partial charge in [-0.25, -0.2) is 9.82 Å². The normalized spacial score (nSPS) is 10.6. The molecule has 0 fully saturated rings. The molecule has 0 atom stereocenters. The van der Waals surface area contributed by atoms with Crippen molar-refractivity contribution in [3.63, 3.8) is 0 Å². The van der Waals surface area contributed by atoms with Crippen molar-refractivity contribution < 1.29 is 18.9 Å². The molecule has 3 aromatic carbocycles. The zero-order chi connectivity index (χ0) is 21.5. The molecule has 30 heavy (non-hydrogen) atoms. The molecule has 0 aliphatic rings. The molecule has 0 saturated heterocycles. The Morgan fingerprint density at radius 1 is 0.867 bits per heavy atom. The highest BCUT2D eigenvalue weighted by Gasteiger charge is 2.08. The molecule has 3 aromatic rings. The number of hydrogen-bond donors (Lipinski definition) is 2. The lowest BCUT2D eigenvalue weighted by Gasteiger charge is -2.06. The molecule has 0 bridgehead atoms. The number of hydrogen-bond acceptors (Lipinski definition) is 5. The van der Waals surface area contributed by atoms with Crippen molar-refractivity contribution in [2.45, 2.75) is 0 Å². The van der Waals surface area contributed by atoms with E-state index in [1.165, 1.54) is 66.9 Å². The summed E-state index contributed by atoms with van der Waals surface area (Å²) in [6.07, 6.45) is 1.36. The molecule has 8 nitrogen and oxygen atoms in total. The molecule has 0 aliphatic carbocycles. The van der Waals surface area contributed by atoms with Crippen molar-refractivity contribution in [2.75, 3.05) is 5.32 Å². The second kappa shape index (κ2) is 9.20. The Morgan fingerprint density at radius 2 is 1.43 bits per heavy atom. The standard InChI is InChI=1S/C21H15FN4O4/c22-17-7-3-15(4-8-17)20(27)24-18-9-5-16(6-10-18)21(28)25-23-13-14-1-11-19(12-2-14)26(29)30/h1-13H,(H,24,27)(H,25,28)/b23-13+. The summed E-state index contributed by atoms with van der Waals surface area (Å²) in [6.45, 7) is 0. The number of hydrazone groups is 1. The molecule has 0 radical (unpaired) electrons. The van der Waals surface area contributed by atoms with Crippen LogP contribution in [0.2, 0.25) is 0 Å². The lowest BCUT2D eigenvalue weighted by Crippen LogP contribution is -2.17. The summed E-state index contributed by atoms with van der Waals surface area (Å²) >= 11 is 0. The number of nitrogens with zero attached hydrogens (tertiary/aromatic N) is 2. The second-order valence-corrected chi connectivity index (χ2v) is 6.09. The van der Waals surface area contributed by atoms with E-state index >= 15 is 0 Å². The van der Waals surface area contributed by atoms with Crippen LogP contribution in [-0.2, 0) is 0 Å². The van der Waals surface area contributed by atoms with E-state index in [1.54, 1.807) is 12.1 Å². The van der Waals surface area contributed by atoms with E-state index in [9.17, 15) is 24.1 Å². The lowest BCUT2D eigenvalue weighted by atomic mass is 10.1. The van der Waals surface area contributed by atoms with Crippen molar-refractivity contribution >= 4 is 29.4 Å². The smallest absolute Gasteiger partial charge is 0.271 e. The molecule has 150 valence electrons. The first-order chi connectivity index (χ1) is 14.4. The molecule has 0 heterocycles. The largest absolute Gasteiger partial charge is 0.322 e. The summed E-state index contributed by atoms with van der Waals surface area (Å²) in [6, 6.07) is 16.9. The van der Waals surface area contributed by atoms with Crippen LogP contribution in [0.4, 0.5) is 15.8 Å². The fourth-order valence-electron chi connectivity index (χ4n) is 2.42. The quantitative estimate of drug-likeness (QED) is 0.369. The number of carbonyl (C=O) groups excluding carboxylic acids is 2. The van der Waals surface area contributed by atoms with E-state index < -0.39 is 22.6 Å². The van der Waals surface area contributed by atoms with Gasteiger partial charge in [0.15, 0.2) is 0 Å². The highest BCUT2D eigenvalue weighted by molar-refractivity contribution is 6.04. The number of amides is 2. The Hall–Kier alpha value is -4.40. The molecule has 2 N–H and O–H groups in total. The van der Waals surface area contributed by atoms with Crippen molar-refractivity contribution in [2.24, 2.45) is 5.10 Å². The minimum Gasteiger partial charge on any atom is -0.322 e. The van der Waals surface area contributed by atoms with Gasteiger partial charge in [0.2, 0.25) is 0 Å². The minimum absolute atomic E-state index is 0.0391. The predicted octanol–water partition coefficient (Wildman–Crippen LogP) is 3.75. The van der Waals surface area contributed by atoms with Crippen molar-refractivity contribution in [3.05, 3.63) is 105 Å². The minimum atomic E-state index is -0.506. The SMILES string of the molecule is O=C(N/N=C/c1ccc([N+](=O)[O-])cc1)c1ccc(NC(=O)c2ccc(F)cc2)cc1. The third-order valence-electron chi connectivity index (χ3n) is 3.99. The third kappa shape index (κ3) is 5.32. The maximum Gasteiger partial charge on any atom is 0.271 e. The number of nitro groups is 1. The average molecular weight is 406 g/mol. The van der Waals surface area contributed by atoms with Crippen molar-refractivity contribution in [1.82, 2.24) is 5.43 Å². The highest BCUT2D eigenvalue weighted by Crippen LogP contribution is 2.13. The summed E-state index contributed by atoms with van der Waals surface area (Å²) in [5, 5.41) is 17.1. The van der Waals surface area contributed by atoms with E-state index in [4.69, 9.17) is 0 Å². The maximum atomic E-state index is 12.9. The van der Waals surface area contributed by atoms with Gasteiger partial charge >= 0.3 is 0 Å². The van der Waals surface area contributed by atoms with Crippen molar-refractivity contribution in [1.29, 1.82) is 0 Å². The van der Waals surface area contributed by atoms with Gasteiger partial charge < -0.3 is 5.32 Å². The molecule has 9 heteroatoms. The number of nitrogens with one attached hydrogen (secondary N) is 2. The van der Waals surface area contributed by atoms with Gasteiger partial charge in [0.1, 0.15) is 5.82 Å². The van der Waals surface area contributed by atoms with Crippen LogP contribution in [0.25, 0.3) is 0 Å². The number of benzene rings is 3. The Morgan fingerprint density at radius 3 is 2.03 bits per heavy atom. The molecule has 2 amide bonds. The van der Waals surface area contributed by atoms with Crippen LogP contribution in [0.5, 0.6) is 0 Å². The second-order valence-electron chi connectivity index (χ2n) is 6.09. The number of rotatable bonds is 6. The van der Waals surface area contributed by atoms with Crippen LogP contribution in [-0.4, -0.2) is 23.0 Å². The number of carbonyl (C=O) groups is 2. The van der Waals surface area contributed by atoms with Crippen LogP contribution >= 0.6 is 0 Å². The van der Waals surface area contributed by atoms with E-state index in [1.807, 2.05) is 0 Å². The van der Waals surface area contributed by atoms with Gasteiger partial charge in [-0.3, -0.25) is 19.7 Å². The molecule has 0 saturated carbocycles. The zero-order valence-corrected chi connectivity index (χ0v) is 15.4. The summed E-state index contributed by atoms with van der Waals surface area (Å²) in [5.74, 6) is -1.30. The highest BCUT2D eigenvalue weighted by atomic mass is 19.1.